The van der Waals surface area contributed by atoms with E-state index in [4.69, 9.17) is 9.72 Å². The Morgan fingerprint density at radius 2 is 2.35 bits per heavy atom. The van der Waals surface area contributed by atoms with Gasteiger partial charge in [0.1, 0.15) is 16.9 Å². The van der Waals surface area contributed by atoms with Gasteiger partial charge in [-0.05, 0) is 39.0 Å². The average molecular weight is 332 g/mol. The lowest BCUT2D eigenvalue weighted by atomic mass is 10.0. The Morgan fingerprint density at radius 1 is 1.39 bits per heavy atom. The van der Waals surface area contributed by atoms with Gasteiger partial charge in [-0.1, -0.05) is 0 Å². The van der Waals surface area contributed by atoms with Crippen molar-refractivity contribution in [2.45, 2.75) is 64.3 Å². The van der Waals surface area contributed by atoms with Crippen LogP contribution < -0.4 is 5.32 Å². The molecule has 0 aromatic carbocycles. The molecule has 0 spiro atoms. The molecule has 124 valence electrons. The summed E-state index contributed by atoms with van der Waals surface area (Å²) < 4.78 is 8.25. The number of thiazole rings is 1. The summed E-state index contributed by atoms with van der Waals surface area (Å²) in [5.41, 5.74) is 1.34. The van der Waals surface area contributed by atoms with Crippen LogP contribution in [-0.2, 0) is 30.7 Å². The molecule has 0 unspecified atom stereocenters. The van der Waals surface area contributed by atoms with Gasteiger partial charge in [-0.25, -0.2) is 9.97 Å². The maximum absolute atomic E-state index is 6.06. The first-order chi connectivity index (χ1) is 11.3. The summed E-state index contributed by atoms with van der Waals surface area (Å²) in [6.07, 6.45) is 9.85. The van der Waals surface area contributed by atoms with E-state index >= 15 is 0 Å². The normalized spacial score (nSPS) is 24.0. The lowest BCUT2D eigenvalue weighted by Crippen LogP contribution is -2.40. The van der Waals surface area contributed by atoms with Crippen LogP contribution in [-0.4, -0.2) is 27.2 Å². The largest absolute Gasteiger partial charge is 0.369 e. The number of hydrogen-bond acceptors (Lipinski definition) is 5. The van der Waals surface area contributed by atoms with Crippen molar-refractivity contribution in [1.29, 1.82) is 0 Å². The summed E-state index contributed by atoms with van der Waals surface area (Å²) >= 11 is 1.88. The Kier molecular flexibility index (Phi) is 4.46. The van der Waals surface area contributed by atoms with Crippen LogP contribution in [0, 0.1) is 0 Å². The molecule has 1 aliphatic heterocycles. The molecule has 1 N–H and O–H groups in total. The number of ether oxygens (including phenoxy) is 1. The number of fused-ring (bicyclic) bond motifs is 1. The van der Waals surface area contributed by atoms with Gasteiger partial charge in [0.2, 0.25) is 0 Å². The summed E-state index contributed by atoms with van der Waals surface area (Å²) in [5.74, 6) is 1.05. The van der Waals surface area contributed by atoms with Crippen LogP contribution in [0.3, 0.4) is 0 Å². The molecule has 5 nitrogen and oxygen atoms in total. The van der Waals surface area contributed by atoms with Crippen molar-refractivity contribution in [3.05, 3.63) is 33.8 Å². The maximum Gasteiger partial charge on any atom is 0.139 e. The van der Waals surface area contributed by atoms with Crippen molar-refractivity contribution in [2.75, 3.05) is 6.61 Å². The van der Waals surface area contributed by atoms with Crippen LogP contribution in [0.4, 0.5) is 0 Å². The summed E-state index contributed by atoms with van der Waals surface area (Å²) in [6.45, 7) is 4.74. The Morgan fingerprint density at radius 3 is 3.22 bits per heavy atom. The quantitative estimate of drug-likeness (QED) is 0.915. The Balaban J connectivity index is 1.45. The monoisotopic (exact) mass is 332 g/mol. The SMILES string of the molecule is CCn1ccnc1[C@H]1OCCC[C@@H]1NCc1nc2c(s1)CCC2. The predicted octanol–water partition coefficient (Wildman–Crippen LogP) is 2.86. The molecule has 0 saturated carbocycles. The van der Waals surface area contributed by atoms with E-state index in [1.165, 1.54) is 28.4 Å². The first-order valence-electron chi connectivity index (χ1n) is 8.68. The van der Waals surface area contributed by atoms with Crippen molar-refractivity contribution in [2.24, 2.45) is 0 Å². The predicted molar refractivity (Wildman–Crippen MR) is 90.6 cm³/mol. The van der Waals surface area contributed by atoms with E-state index in [1.807, 2.05) is 23.7 Å². The highest BCUT2D eigenvalue weighted by atomic mass is 32.1. The smallest absolute Gasteiger partial charge is 0.139 e. The van der Waals surface area contributed by atoms with Crippen molar-refractivity contribution in [1.82, 2.24) is 19.9 Å². The van der Waals surface area contributed by atoms with E-state index in [9.17, 15) is 0 Å². The Hall–Kier alpha value is -1.24. The van der Waals surface area contributed by atoms with Crippen molar-refractivity contribution < 1.29 is 4.74 Å². The number of nitrogens with zero attached hydrogens (tertiary/aromatic N) is 3. The molecule has 1 saturated heterocycles. The van der Waals surface area contributed by atoms with Gasteiger partial charge in [0, 0.05) is 43.0 Å². The number of rotatable bonds is 5. The number of aromatic nitrogens is 3. The number of hydrogen-bond donors (Lipinski definition) is 1. The topological polar surface area (TPSA) is 52.0 Å². The van der Waals surface area contributed by atoms with Gasteiger partial charge in [0.15, 0.2) is 0 Å². The van der Waals surface area contributed by atoms with Crippen molar-refractivity contribution >= 4 is 11.3 Å². The lowest BCUT2D eigenvalue weighted by Gasteiger charge is -2.32. The van der Waals surface area contributed by atoms with Gasteiger partial charge in [0.05, 0.1) is 5.69 Å². The molecule has 1 fully saturated rings. The zero-order valence-corrected chi connectivity index (χ0v) is 14.4. The molecule has 2 aromatic heterocycles. The molecule has 4 rings (SSSR count). The van der Waals surface area contributed by atoms with Crippen molar-refractivity contribution in [3.63, 3.8) is 0 Å². The lowest BCUT2D eigenvalue weighted by molar-refractivity contribution is -0.0182. The fraction of sp³-hybridized carbons (Fsp3) is 0.647. The fourth-order valence-corrected chi connectivity index (χ4v) is 4.74. The summed E-state index contributed by atoms with van der Waals surface area (Å²) in [6, 6.07) is 0.315. The van der Waals surface area contributed by atoms with Gasteiger partial charge >= 0.3 is 0 Å². The van der Waals surface area contributed by atoms with Gasteiger partial charge in [-0.2, -0.15) is 0 Å². The Labute approximate surface area is 141 Å². The molecule has 0 amide bonds. The number of nitrogens with one attached hydrogen (secondary N) is 1. The van der Waals surface area contributed by atoms with E-state index in [2.05, 4.69) is 21.8 Å². The third-order valence-corrected chi connectivity index (χ3v) is 5.98. The maximum atomic E-state index is 6.06. The highest BCUT2D eigenvalue weighted by molar-refractivity contribution is 7.11. The van der Waals surface area contributed by atoms with Crippen LogP contribution >= 0.6 is 11.3 Å². The van der Waals surface area contributed by atoms with Crippen LogP contribution in [0.1, 0.15) is 53.7 Å². The van der Waals surface area contributed by atoms with Crippen LogP contribution in [0.2, 0.25) is 0 Å². The first-order valence-corrected chi connectivity index (χ1v) is 9.50. The summed E-state index contributed by atoms with van der Waals surface area (Å²) in [4.78, 5) is 10.8. The van der Waals surface area contributed by atoms with E-state index in [0.29, 0.717) is 6.04 Å². The highest BCUT2D eigenvalue weighted by Crippen LogP contribution is 2.30. The molecule has 0 bridgehead atoms. The van der Waals surface area contributed by atoms with Crippen molar-refractivity contribution in [3.8, 4) is 0 Å². The number of aryl methyl sites for hydroxylation is 3. The third kappa shape index (κ3) is 3.07. The summed E-state index contributed by atoms with van der Waals surface area (Å²) in [5, 5.41) is 4.91. The van der Waals surface area contributed by atoms with Gasteiger partial charge in [-0.15, -0.1) is 11.3 Å². The fourth-order valence-electron chi connectivity index (χ4n) is 3.63. The average Bonchev–Trinajstić information content (AvgIpc) is 3.28. The number of imidazole rings is 1. The Bertz CT molecular complexity index is 644. The molecule has 2 aliphatic rings. The summed E-state index contributed by atoms with van der Waals surface area (Å²) in [7, 11) is 0. The molecular weight excluding hydrogens is 308 g/mol. The van der Waals surface area contributed by atoms with E-state index in [-0.39, 0.29) is 6.10 Å². The van der Waals surface area contributed by atoms with Crippen LogP contribution in [0.25, 0.3) is 0 Å². The highest BCUT2D eigenvalue weighted by Gasteiger charge is 2.30. The molecule has 6 heteroatoms. The second-order valence-corrected chi connectivity index (χ2v) is 7.49. The first kappa shape index (κ1) is 15.3. The minimum Gasteiger partial charge on any atom is -0.369 e. The van der Waals surface area contributed by atoms with Gasteiger partial charge in [0.25, 0.3) is 0 Å². The molecule has 1 aliphatic carbocycles. The molecule has 2 aromatic rings. The molecule has 3 heterocycles. The van der Waals surface area contributed by atoms with Crippen LogP contribution in [0.5, 0.6) is 0 Å². The minimum absolute atomic E-state index is 0.0468. The molecule has 0 radical (unpaired) electrons. The van der Waals surface area contributed by atoms with Gasteiger partial charge in [-0.3, -0.25) is 0 Å². The third-order valence-electron chi connectivity index (χ3n) is 4.82. The second-order valence-electron chi connectivity index (χ2n) is 6.32. The zero-order valence-electron chi connectivity index (χ0n) is 13.6. The molecule has 23 heavy (non-hydrogen) atoms. The molecule has 2 atom stereocenters. The van der Waals surface area contributed by atoms with Gasteiger partial charge < -0.3 is 14.6 Å². The zero-order chi connectivity index (χ0) is 15.6. The second kappa shape index (κ2) is 6.71. The van der Waals surface area contributed by atoms with E-state index in [0.717, 1.165) is 44.8 Å². The van der Waals surface area contributed by atoms with E-state index < -0.39 is 0 Å². The minimum atomic E-state index is 0.0468. The molecular formula is C17H24N4OS. The standard InChI is InChI=1S/C17H24N4OS/c1-2-21-9-8-18-17(21)16-13(6-4-10-22-16)19-11-15-20-12-5-3-7-14(12)23-15/h8-9,13,16,19H,2-7,10-11H2,1H3/t13-,16-/m0/s1. The van der Waals surface area contributed by atoms with E-state index in [1.54, 1.807) is 0 Å². The van der Waals surface area contributed by atoms with Crippen LogP contribution in [0.15, 0.2) is 12.4 Å².